The molecule has 0 saturated carbocycles. The Labute approximate surface area is 78.0 Å². The molecule has 0 amide bonds. The number of hydrogen-bond donors (Lipinski definition) is 0. The zero-order valence-electron chi connectivity index (χ0n) is 7.61. The second kappa shape index (κ2) is 3.30. The van der Waals surface area contributed by atoms with E-state index in [1.54, 1.807) is 6.07 Å². The average molecular weight is 197 g/mol. The first kappa shape index (κ1) is 9.92. The minimum atomic E-state index is -3.19. The van der Waals surface area contributed by atoms with Gasteiger partial charge in [-0.1, -0.05) is 12.6 Å². The molecular weight excluding hydrogens is 186 g/mol. The van der Waals surface area contributed by atoms with Gasteiger partial charge >= 0.3 is 0 Å². The zero-order valence-corrected chi connectivity index (χ0v) is 8.43. The van der Waals surface area contributed by atoms with Crippen molar-refractivity contribution < 1.29 is 8.42 Å². The molecule has 0 aromatic carbocycles. The predicted molar refractivity (Wildman–Crippen MR) is 52.1 cm³/mol. The van der Waals surface area contributed by atoms with Gasteiger partial charge in [0.15, 0.2) is 14.9 Å². The Morgan fingerprint density at radius 3 is 2.38 bits per heavy atom. The maximum atomic E-state index is 11.0. The largest absolute Gasteiger partial charge is 0.244 e. The number of pyridine rings is 1. The second-order valence-electron chi connectivity index (χ2n) is 2.94. The first-order chi connectivity index (χ1) is 5.91. The van der Waals surface area contributed by atoms with Crippen LogP contribution in [0.2, 0.25) is 0 Å². The summed E-state index contributed by atoms with van der Waals surface area (Å²) in [6, 6.07) is 3.19. The summed E-state index contributed by atoms with van der Waals surface area (Å²) in [4.78, 5) is 3.82. The van der Waals surface area contributed by atoms with Crippen molar-refractivity contribution in [1.82, 2.24) is 4.98 Å². The van der Waals surface area contributed by atoms with Gasteiger partial charge in [0.2, 0.25) is 0 Å². The molecule has 0 spiro atoms. The quantitative estimate of drug-likeness (QED) is 0.722. The lowest BCUT2D eigenvalue weighted by Gasteiger charge is -2.00. The van der Waals surface area contributed by atoms with Crippen molar-refractivity contribution in [2.45, 2.75) is 11.9 Å². The number of aromatic nitrogens is 1. The first-order valence-electron chi connectivity index (χ1n) is 3.73. The van der Waals surface area contributed by atoms with Crippen LogP contribution >= 0.6 is 0 Å². The minimum absolute atomic E-state index is 0.0949. The molecular formula is C9H11NO2S. The Morgan fingerprint density at radius 1 is 1.46 bits per heavy atom. The van der Waals surface area contributed by atoms with E-state index in [0.29, 0.717) is 0 Å². The van der Waals surface area contributed by atoms with Crippen LogP contribution in [0.5, 0.6) is 0 Å². The van der Waals surface area contributed by atoms with Gasteiger partial charge in [0.05, 0.1) is 0 Å². The van der Waals surface area contributed by atoms with Gasteiger partial charge in [-0.2, -0.15) is 0 Å². The molecule has 0 saturated heterocycles. The highest BCUT2D eigenvalue weighted by Gasteiger charge is 2.07. The molecule has 0 aliphatic rings. The van der Waals surface area contributed by atoms with E-state index in [2.05, 4.69) is 11.6 Å². The fourth-order valence-corrected chi connectivity index (χ4v) is 1.41. The molecule has 0 N–H and O–H groups in total. The fraction of sp³-hybridized carbons (Fsp3) is 0.222. The molecule has 0 bridgehead atoms. The van der Waals surface area contributed by atoms with Gasteiger partial charge in [-0.05, 0) is 24.1 Å². The van der Waals surface area contributed by atoms with E-state index in [-0.39, 0.29) is 5.03 Å². The Balaban J connectivity index is 3.16. The van der Waals surface area contributed by atoms with Crippen LogP contribution in [-0.2, 0) is 9.84 Å². The molecule has 70 valence electrons. The highest BCUT2D eigenvalue weighted by Crippen LogP contribution is 2.12. The van der Waals surface area contributed by atoms with E-state index in [1.807, 2.05) is 6.92 Å². The molecule has 0 fully saturated rings. The Bertz CT molecular complexity index is 417. The molecule has 0 radical (unpaired) electrons. The first-order valence-corrected chi connectivity index (χ1v) is 5.62. The summed E-state index contributed by atoms with van der Waals surface area (Å²) < 4.78 is 22.1. The van der Waals surface area contributed by atoms with Gasteiger partial charge in [0.25, 0.3) is 0 Å². The van der Waals surface area contributed by atoms with Crippen molar-refractivity contribution in [2.24, 2.45) is 0 Å². The molecule has 0 aliphatic heterocycles. The number of rotatable bonds is 2. The maximum Gasteiger partial charge on any atom is 0.192 e. The Morgan fingerprint density at radius 2 is 2.08 bits per heavy atom. The van der Waals surface area contributed by atoms with Gasteiger partial charge in [0, 0.05) is 12.5 Å². The maximum absolute atomic E-state index is 11.0. The van der Waals surface area contributed by atoms with Crippen molar-refractivity contribution in [3.05, 3.63) is 30.5 Å². The molecule has 13 heavy (non-hydrogen) atoms. The summed E-state index contributed by atoms with van der Waals surface area (Å²) in [6.07, 6.45) is 2.65. The van der Waals surface area contributed by atoms with Crippen LogP contribution in [0.15, 0.2) is 29.9 Å². The van der Waals surface area contributed by atoms with Crippen molar-refractivity contribution in [2.75, 3.05) is 6.26 Å². The third kappa shape index (κ3) is 2.39. The van der Waals surface area contributed by atoms with Gasteiger partial charge in [-0.25, -0.2) is 13.4 Å². The summed E-state index contributed by atoms with van der Waals surface area (Å²) in [6.45, 7) is 5.57. The van der Waals surface area contributed by atoms with E-state index in [9.17, 15) is 8.42 Å². The topological polar surface area (TPSA) is 47.0 Å². The standard InChI is InChI=1S/C9H11NO2S/c1-7(2)8-4-5-9(10-6-8)13(3,11)12/h4-6H,1H2,2-3H3. The lowest BCUT2D eigenvalue weighted by Crippen LogP contribution is -2.00. The normalized spacial score (nSPS) is 11.2. The predicted octanol–water partition coefficient (Wildman–Crippen LogP) is 1.52. The number of nitrogens with zero attached hydrogens (tertiary/aromatic N) is 1. The van der Waals surface area contributed by atoms with Gasteiger partial charge < -0.3 is 0 Å². The third-order valence-electron chi connectivity index (χ3n) is 1.61. The molecule has 0 unspecified atom stereocenters. The Kier molecular flexibility index (Phi) is 2.52. The van der Waals surface area contributed by atoms with Gasteiger partial charge in [-0.3, -0.25) is 0 Å². The smallest absolute Gasteiger partial charge is 0.192 e. The van der Waals surface area contributed by atoms with Crippen LogP contribution in [0.3, 0.4) is 0 Å². The molecule has 0 atom stereocenters. The molecule has 1 rings (SSSR count). The zero-order chi connectivity index (χ0) is 10.1. The molecule has 1 aromatic rings. The van der Waals surface area contributed by atoms with Crippen LogP contribution in [0.1, 0.15) is 12.5 Å². The summed E-state index contributed by atoms with van der Waals surface area (Å²) in [5.41, 5.74) is 1.72. The lowest BCUT2D eigenvalue weighted by atomic mass is 10.2. The lowest BCUT2D eigenvalue weighted by molar-refractivity contribution is 0.598. The van der Waals surface area contributed by atoms with Crippen molar-refractivity contribution in [3.8, 4) is 0 Å². The molecule has 1 heterocycles. The van der Waals surface area contributed by atoms with Crippen molar-refractivity contribution >= 4 is 15.4 Å². The minimum Gasteiger partial charge on any atom is -0.244 e. The number of allylic oxidation sites excluding steroid dienone is 1. The second-order valence-corrected chi connectivity index (χ2v) is 4.90. The molecule has 1 aromatic heterocycles. The summed E-state index contributed by atoms with van der Waals surface area (Å²) in [7, 11) is -3.19. The van der Waals surface area contributed by atoms with E-state index in [0.717, 1.165) is 17.4 Å². The Hall–Kier alpha value is -1.16. The van der Waals surface area contributed by atoms with Crippen LogP contribution in [0.25, 0.3) is 5.57 Å². The fourth-order valence-electron chi connectivity index (χ4n) is 0.852. The van der Waals surface area contributed by atoms with E-state index in [1.165, 1.54) is 12.3 Å². The molecule has 3 nitrogen and oxygen atoms in total. The van der Waals surface area contributed by atoms with Crippen LogP contribution in [0, 0.1) is 0 Å². The monoisotopic (exact) mass is 197 g/mol. The molecule has 4 heteroatoms. The van der Waals surface area contributed by atoms with E-state index in [4.69, 9.17) is 0 Å². The number of hydrogen-bond acceptors (Lipinski definition) is 3. The SMILES string of the molecule is C=C(C)c1ccc(S(C)(=O)=O)nc1. The van der Waals surface area contributed by atoms with Crippen molar-refractivity contribution in [1.29, 1.82) is 0 Å². The highest BCUT2D eigenvalue weighted by atomic mass is 32.2. The van der Waals surface area contributed by atoms with E-state index >= 15 is 0 Å². The van der Waals surface area contributed by atoms with Gasteiger partial charge in [-0.15, -0.1) is 0 Å². The van der Waals surface area contributed by atoms with Crippen LogP contribution in [-0.4, -0.2) is 19.7 Å². The van der Waals surface area contributed by atoms with E-state index < -0.39 is 9.84 Å². The van der Waals surface area contributed by atoms with Crippen molar-refractivity contribution in [3.63, 3.8) is 0 Å². The summed E-state index contributed by atoms with van der Waals surface area (Å²) in [5, 5.41) is 0.0949. The molecule has 0 aliphatic carbocycles. The van der Waals surface area contributed by atoms with Crippen LogP contribution < -0.4 is 0 Å². The van der Waals surface area contributed by atoms with Crippen LogP contribution in [0.4, 0.5) is 0 Å². The average Bonchev–Trinajstić information content (AvgIpc) is 2.03. The summed E-state index contributed by atoms with van der Waals surface area (Å²) in [5.74, 6) is 0. The highest BCUT2D eigenvalue weighted by molar-refractivity contribution is 7.90. The third-order valence-corrected chi connectivity index (χ3v) is 2.61. The number of sulfone groups is 1. The van der Waals surface area contributed by atoms with Gasteiger partial charge in [0.1, 0.15) is 0 Å². The summed E-state index contributed by atoms with van der Waals surface area (Å²) >= 11 is 0.